The molecule has 0 aromatic carbocycles. The van der Waals surface area contributed by atoms with E-state index in [4.69, 9.17) is 0 Å². The van der Waals surface area contributed by atoms with Crippen molar-refractivity contribution in [3.05, 3.63) is 6.42 Å². The van der Waals surface area contributed by atoms with Crippen molar-refractivity contribution in [2.24, 2.45) is 5.41 Å². The largest absolute Gasteiger partial charge is 0.327 e. The van der Waals surface area contributed by atoms with Gasteiger partial charge in [0, 0.05) is 40.8 Å². The average Bonchev–Trinajstić information content (AvgIpc) is 2.75. The van der Waals surface area contributed by atoms with Crippen LogP contribution in [0.4, 0.5) is 0 Å². The van der Waals surface area contributed by atoms with E-state index in [1.807, 2.05) is 13.8 Å². The molecule has 0 atom stereocenters. The Morgan fingerprint density at radius 1 is 1.08 bits per heavy atom. The Labute approximate surface area is 104 Å². The molecule has 2 aliphatic rings. The molecule has 3 heteroatoms. The van der Waals surface area contributed by atoms with Crippen LogP contribution < -0.4 is 5.32 Å². The van der Waals surface area contributed by atoms with E-state index in [1.165, 1.54) is 32.4 Å². The van der Waals surface area contributed by atoms with E-state index in [2.05, 4.69) is 11.7 Å². The second-order valence-corrected chi connectivity index (χ2v) is 3.02. The molecule has 1 aliphatic carbocycles. The predicted molar refractivity (Wildman–Crippen MR) is 44.8 cm³/mol. The third-order valence-corrected chi connectivity index (χ3v) is 2.38. The molecule has 0 aromatic rings. The van der Waals surface area contributed by atoms with Crippen LogP contribution in [-0.4, -0.2) is 13.1 Å². The Bertz CT molecular complexity index is 94.7. The van der Waals surface area contributed by atoms with Crippen molar-refractivity contribution < 1.29 is 40.8 Å². The monoisotopic (exact) mass is 514 g/mol. The summed E-state index contributed by atoms with van der Waals surface area (Å²) in [6.07, 6.45) is 6.66. The molecule has 12 heavy (non-hydrogen) atoms. The second kappa shape index (κ2) is 7.67. The Hall–Kier alpha value is 1.28. The summed E-state index contributed by atoms with van der Waals surface area (Å²) in [5.74, 6) is 0. The van der Waals surface area contributed by atoms with Gasteiger partial charge in [0.1, 0.15) is 0 Å². The number of piperidine rings is 1. The SMILES string of the molecule is CC.[CH-]1CC12CCNCC2.[Re].[Re]. The van der Waals surface area contributed by atoms with Crippen molar-refractivity contribution in [2.45, 2.75) is 33.1 Å². The maximum atomic E-state index is 3.36. The zero-order valence-electron chi connectivity index (χ0n) is 7.87. The van der Waals surface area contributed by atoms with E-state index in [-0.39, 0.29) is 40.8 Å². The Morgan fingerprint density at radius 2 is 1.50 bits per heavy atom. The van der Waals surface area contributed by atoms with Gasteiger partial charge in [0.05, 0.1) is 0 Å². The normalized spacial score (nSPS) is 22.5. The fourth-order valence-corrected chi connectivity index (χ4v) is 1.48. The van der Waals surface area contributed by atoms with Gasteiger partial charge in [0.15, 0.2) is 0 Å². The molecule has 2 rings (SSSR count). The average molecular weight is 513 g/mol. The first-order valence-electron chi connectivity index (χ1n) is 4.46. The van der Waals surface area contributed by atoms with Gasteiger partial charge >= 0.3 is 0 Å². The zero-order chi connectivity index (χ0) is 7.45. The molecule has 1 spiro atoms. The number of nitrogens with one attached hydrogen (secondary N) is 1. The van der Waals surface area contributed by atoms with Crippen molar-refractivity contribution in [3.8, 4) is 0 Å². The van der Waals surface area contributed by atoms with E-state index >= 15 is 0 Å². The van der Waals surface area contributed by atoms with Crippen molar-refractivity contribution in [3.63, 3.8) is 0 Å². The maximum Gasteiger partial charge on any atom is 0 e. The molecule has 1 nitrogen and oxygen atoms in total. The van der Waals surface area contributed by atoms with Gasteiger partial charge in [-0.3, -0.25) is 0 Å². The van der Waals surface area contributed by atoms with Gasteiger partial charge in [-0.2, -0.15) is 5.41 Å². The number of rotatable bonds is 0. The van der Waals surface area contributed by atoms with Crippen molar-refractivity contribution in [1.29, 1.82) is 0 Å². The van der Waals surface area contributed by atoms with Gasteiger partial charge in [-0.05, 0) is 13.1 Å². The summed E-state index contributed by atoms with van der Waals surface area (Å²) in [6.45, 7) is 6.49. The molecule has 1 saturated carbocycles. The minimum absolute atomic E-state index is 0. The van der Waals surface area contributed by atoms with Crippen LogP contribution in [0.25, 0.3) is 0 Å². The van der Waals surface area contributed by atoms with Crippen LogP contribution in [0.1, 0.15) is 33.1 Å². The van der Waals surface area contributed by atoms with E-state index < -0.39 is 0 Å². The summed E-state index contributed by atoms with van der Waals surface area (Å²) in [4.78, 5) is 0. The molecule has 1 N–H and O–H groups in total. The molecule has 0 aromatic heterocycles. The second-order valence-electron chi connectivity index (χ2n) is 3.02. The zero-order valence-corrected chi connectivity index (χ0v) is 13.3. The van der Waals surface area contributed by atoms with Gasteiger partial charge in [-0.25, -0.2) is 6.42 Å². The van der Waals surface area contributed by atoms with Crippen molar-refractivity contribution in [2.75, 3.05) is 13.1 Å². The quantitative estimate of drug-likeness (QED) is 0.490. The molecule has 0 bridgehead atoms. The van der Waals surface area contributed by atoms with E-state index in [0.29, 0.717) is 0 Å². The van der Waals surface area contributed by atoms with Crippen LogP contribution in [0, 0.1) is 11.8 Å². The van der Waals surface area contributed by atoms with Crippen LogP contribution >= 0.6 is 0 Å². The van der Waals surface area contributed by atoms with Gasteiger partial charge in [-0.1, -0.05) is 26.7 Å². The van der Waals surface area contributed by atoms with Gasteiger partial charge < -0.3 is 11.7 Å². The molecule has 1 saturated heterocycles. The Balaban J connectivity index is 0. The van der Waals surface area contributed by atoms with Crippen LogP contribution in [-0.2, 0) is 40.8 Å². The molecular weight excluding hydrogens is 495 g/mol. The minimum atomic E-state index is 0. The molecule has 2 fully saturated rings. The molecular formula is C9H18NRe2-. The van der Waals surface area contributed by atoms with Crippen LogP contribution in [0.5, 0.6) is 0 Å². The molecule has 0 unspecified atom stereocenters. The van der Waals surface area contributed by atoms with Crippen LogP contribution in [0.3, 0.4) is 0 Å². The van der Waals surface area contributed by atoms with E-state index in [9.17, 15) is 0 Å². The predicted octanol–water partition coefficient (Wildman–Crippen LogP) is 1.99. The maximum absolute atomic E-state index is 3.36. The fraction of sp³-hybridized carbons (Fsp3) is 0.889. The van der Waals surface area contributed by atoms with Crippen molar-refractivity contribution >= 4 is 0 Å². The van der Waals surface area contributed by atoms with Crippen molar-refractivity contribution in [1.82, 2.24) is 5.32 Å². The van der Waals surface area contributed by atoms with E-state index in [1.54, 1.807) is 0 Å². The summed E-state index contributed by atoms with van der Waals surface area (Å²) >= 11 is 0. The minimum Gasteiger partial charge on any atom is -0.327 e. The Morgan fingerprint density at radius 3 is 1.75 bits per heavy atom. The van der Waals surface area contributed by atoms with Crippen LogP contribution in [0.2, 0.25) is 0 Å². The summed E-state index contributed by atoms with van der Waals surface area (Å²) in [5, 5.41) is 3.36. The van der Waals surface area contributed by atoms with E-state index in [0.717, 1.165) is 5.41 Å². The summed E-state index contributed by atoms with van der Waals surface area (Å²) < 4.78 is 0. The summed E-state index contributed by atoms with van der Waals surface area (Å²) in [5.41, 5.74) is 0.741. The summed E-state index contributed by atoms with van der Waals surface area (Å²) in [6, 6.07) is 0. The van der Waals surface area contributed by atoms with Gasteiger partial charge in [-0.15, -0.1) is 0 Å². The number of hydrogen-bond acceptors (Lipinski definition) is 1. The Kier molecular flexibility index (Phi) is 10.1. The molecule has 74 valence electrons. The molecule has 2 radical (unpaired) electrons. The first-order valence-corrected chi connectivity index (χ1v) is 4.46. The first kappa shape index (κ1) is 15.7. The number of hydrogen-bond donors (Lipinski definition) is 1. The standard InChI is InChI=1S/C7H12N.C2H6.2Re/c1-2-7(1)3-5-8-6-4-7;1-2;;/h1,8H,2-6H2;1-2H3;;/q-1;;;. The topological polar surface area (TPSA) is 12.0 Å². The molecule has 1 aliphatic heterocycles. The first-order chi connectivity index (χ1) is 4.91. The molecule has 0 amide bonds. The summed E-state index contributed by atoms with van der Waals surface area (Å²) in [7, 11) is 0. The molecule has 1 heterocycles. The van der Waals surface area contributed by atoms with Gasteiger partial charge in [0.2, 0.25) is 0 Å². The van der Waals surface area contributed by atoms with Crippen LogP contribution in [0.15, 0.2) is 0 Å². The third kappa shape index (κ3) is 4.50. The fourth-order valence-electron chi connectivity index (χ4n) is 1.48. The smallest absolute Gasteiger partial charge is 0 e. The third-order valence-electron chi connectivity index (χ3n) is 2.38. The van der Waals surface area contributed by atoms with Gasteiger partial charge in [0.25, 0.3) is 0 Å².